The van der Waals surface area contributed by atoms with Crippen LogP contribution in [0, 0.1) is 6.92 Å². The summed E-state index contributed by atoms with van der Waals surface area (Å²) in [6.07, 6.45) is 9.01. The molecule has 8 heteroatoms. The lowest BCUT2D eigenvalue weighted by atomic mass is 10.1. The van der Waals surface area contributed by atoms with Crippen LogP contribution in [0.1, 0.15) is 32.7 Å². The van der Waals surface area contributed by atoms with E-state index < -0.39 is 0 Å². The molecule has 34 heavy (non-hydrogen) atoms. The lowest BCUT2D eigenvalue weighted by Crippen LogP contribution is -2.23. The minimum atomic E-state index is -0.210. The Kier molecular flexibility index (Phi) is 5.78. The molecule has 8 nitrogen and oxygen atoms in total. The van der Waals surface area contributed by atoms with Gasteiger partial charge in [0.2, 0.25) is 0 Å². The maximum absolute atomic E-state index is 12.6. The van der Waals surface area contributed by atoms with Crippen LogP contribution < -0.4 is 11.1 Å². The molecule has 1 amide bonds. The number of aryl methyl sites for hydroxylation is 1. The summed E-state index contributed by atoms with van der Waals surface area (Å²) in [7, 11) is 0. The number of nitrogen functional groups attached to an aromatic ring is 1. The molecule has 0 saturated carbocycles. The third-order valence-corrected chi connectivity index (χ3v) is 5.67. The molecule has 0 aliphatic rings. The SMILES string of the molecule is Cc1cnn(Cc2ccc(Cn3cnc(C(=O)NCc4ccc5c(N)nccc5c4)c3)cc2)c1. The van der Waals surface area contributed by atoms with Gasteiger partial charge in [0.15, 0.2) is 0 Å². The molecule has 170 valence electrons. The molecule has 5 rings (SSSR count). The average molecular weight is 452 g/mol. The van der Waals surface area contributed by atoms with Gasteiger partial charge in [-0.15, -0.1) is 0 Å². The first-order chi connectivity index (χ1) is 16.5. The van der Waals surface area contributed by atoms with Crippen molar-refractivity contribution < 1.29 is 4.79 Å². The molecule has 2 aromatic carbocycles. The van der Waals surface area contributed by atoms with E-state index >= 15 is 0 Å². The molecular formula is C26H25N7O. The minimum absolute atomic E-state index is 0.210. The number of nitrogens with two attached hydrogens (primary N) is 1. The molecule has 0 aliphatic heterocycles. The fourth-order valence-electron chi connectivity index (χ4n) is 3.90. The highest BCUT2D eigenvalue weighted by Gasteiger charge is 2.10. The number of nitrogens with one attached hydrogen (secondary N) is 1. The molecule has 0 spiro atoms. The van der Waals surface area contributed by atoms with Crippen molar-refractivity contribution in [2.24, 2.45) is 0 Å². The zero-order valence-corrected chi connectivity index (χ0v) is 18.8. The van der Waals surface area contributed by atoms with E-state index in [2.05, 4.69) is 44.6 Å². The highest BCUT2D eigenvalue weighted by atomic mass is 16.1. The summed E-state index contributed by atoms with van der Waals surface area (Å²) in [6, 6.07) is 16.2. The Hall–Kier alpha value is -4.46. The predicted molar refractivity (Wildman–Crippen MR) is 131 cm³/mol. The zero-order valence-electron chi connectivity index (χ0n) is 18.8. The Balaban J connectivity index is 1.18. The topological polar surface area (TPSA) is 104 Å². The predicted octanol–water partition coefficient (Wildman–Crippen LogP) is 3.55. The number of imidazole rings is 1. The second kappa shape index (κ2) is 9.19. The van der Waals surface area contributed by atoms with Crippen molar-refractivity contribution in [3.8, 4) is 0 Å². The number of benzene rings is 2. The molecule has 0 radical (unpaired) electrons. The molecule has 0 unspecified atom stereocenters. The van der Waals surface area contributed by atoms with Gasteiger partial charge in [-0.3, -0.25) is 9.48 Å². The van der Waals surface area contributed by atoms with Gasteiger partial charge >= 0.3 is 0 Å². The lowest BCUT2D eigenvalue weighted by Gasteiger charge is -2.07. The average Bonchev–Trinajstić information content (AvgIpc) is 3.47. The summed E-state index contributed by atoms with van der Waals surface area (Å²) < 4.78 is 3.84. The fourth-order valence-corrected chi connectivity index (χ4v) is 3.90. The van der Waals surface area contributed by atoms with Crippen molar-refractivity contribution >= 4 is 22.5 Å². The standard InChI is InChI=1S/C26H25N7O/c1-18-11-31-33(13-18)15-20-4-2-19(3-5-20)14-32-16-24(30-17-32)26(34)29-12-21-6-7-23-22(10-21)8-9-28-25(23)27/h2-11,13,16-17H,12,14-15H2,1H3,(H2,27,28)(H,29,34). The first kappa shape index (κ1) is 21.4. The van der Waals surface area contributed by atoms with Crippen LogP contribution in [0.5, 0.6) is 0 Å². The van der Waals surface area contributed by atoms with Crippen LogP contribution >= 0.6 is 0 Å². The van der Waals surface area contributed by atoms with E-state index in [1.54, 1.807) is 18.7 Å². The van der Waals surface area contributed by atoms with E-state index in [4.69, 9.17) is 5.73 Å². The summed E-state index contributed by atoms with van der Waals surface area (Å²) in [6.45, 7) is 3.82. The number of hydrogen-bond donors (Lipinski definition) is 2. The van der Waals surface area contributed by atoms with E-state index in [0.29, 0.717) is 24.6 Å². The van der Waals surface area contributed by atoms with Crippen LogP contribution in [-0.4, -0.2) is 30.2 Å². The number of anilines is 1. The van der Waals surface area contributed by atoms with Gasteiger partial charge in [0.05, 0.1) is 19.1 Å². The number of carbonyl (C=O) groups excluding carboxylic acids is 1. The van der Waals surface area contributed by atoms with Crippen molar-refractivity contribution in [3.05, 3.63) is 108 Å². The minimum Gasteiger partial charge on any atom is -0.383 e. The number of carbonyl (C=O) groups is 1. The van der Waals surface area contributed by atoms with Gasteiger partial charge in [-0.2, -0.15) is 5.10 Å². The monoisotopic (exact) mass is 451 g/mol. The first-order valence-corrected chi connectivity index (χ1v) is 11.0. The number of nitrogens with zero attached hydrogens (tertiary/aromatic N) is 5. The van der Waals surface area contributed by atoms with Gasteiger partial charge in [0, 0.05) is 37.1 Å². The van der Waals surface area contributed by atoms with Gasteiger partial charge in [-0.05, 0) is 46.7 Å². The van der Waals surface area contributed by atoms with Crippen LogP contribution in [0.25, 0.3) is 10.8 Å². The van der Waals surface area contributed by atoms with E-state index in [9.17, 15) is 4.79 Å². The number of hydrogen-bond acceptors (Lipinski definition) is 5. The van der Waals surface area contributed by atoms with Crippen molar-refractivity contribution in [3.63, 3.8) is 0 Å². The fraction of sp³-hybridized carbons (Fsp3) is 0.154. The normalized spacial score (nSPS) is 11.1. The maximum atomic E-state index is 12.6. The molecule has 0 bridgehead atoms. The number of amides is 1. The highest BCUT2D eigenvalue weighted by molar-refractivity contribution is 5.93. The Bertz CT molecular complexity index is 1450. The van der Waals surface area contributed by atoms with Gasteiger partial charge in [0.25, 0.3) is 5.91 Å². The van der Waals surface area contributed by atoms with Crippen LogP contribution in [0.2, 0.25) is 0 Å². The molecule has 0 aliphatic carbocycles. The summed E-state index contributed by atoms with van der Waals surface area (Å²) in [5.41, 5.74) is 10.7. The molecule has 0 saturated heterocycles. The molecule has 3 N–H and O–H groups in total. The molecular weight excluding hydrogens is 426 g/mol. The van der Waals surface area contributed by atoms with Gasteiger partial charge < -0.3 is 15.6 Å². The van der Waals surface area contributed by atoms with Gasteiger partial charge in [0.1, 0.15) is 11.5 Å². The molecule has 3 aromatic heterocycles. The first-order valence-electron chi connectivity index (χ1n) is 11.0. The van der Waals surface area contributed by atoms with Crippen molar-refractivity contribution in [1.82, 2.24) is 29.6 Å². The Morgan fingerprint density at radius 2 is 1.74 bits per heavy atom. The van der Waals surface area contributed by atoms with E-state index in [1.807, 2.05) is 52.8 Å². The van der Waals surface area contributed by atoms with Gasteiger partial charge in [-0.1, -0.05) is 36.4 Å². The summed E-state index contributed by atoms with van der Waals surface area (Å²) in [5.74, 6) is 0.291. The number of fused-ring (bicyclic) bond motifs is 1. The smallest absolute Gasteiger partial charge is 0.271 e. The molecule has 0 atom stereocenters. The third-order valence-electron chi connectivity index (χ3n) is 5.67. The Morgan fingerprint density at radius 3 is 2.50 bits per heavy atom. The van der Waals surface area contributed by atoms with Gasteiger partial charge in [-0.25, -0.2) is 9.97 Å². The third kappa shape index (κ3) is 4.80. The van der Waals surface area contributed by atoms with Crippen LogP contribution in [-0.2, 0) is 19.6 Å². The zero-order chi connectivity index (χ0) is 23.5. The van der Waals surface area contributed by atoms with Crippen LogP contribution in [0.15, 0.2) is 79.6 Å². The summed E-state index contributed by atoms with van der Waals surface area (Å²) in [4.78, 5) is 21.0. The van der Waals surface area contributed by atoms with E-state index in [-0.39, 0.29) is 5.91 Å². The lowest BCUT2D eigenvalue weighted by molar-refractivity contribution is 0.0946. The van der Waals surface area contributed by atoms with Crippen molar-refractivity contribution in [2.45, 2.75) is 26.6 Å². The highest BCUT2D eigenvalue weighted by Crippen LogP contribution is 2.20. The molecule has 3 heterocycles. The second-order valence-electron chi connectivity index (χ2n) is 8.40. The largest absolute Gasteiger partial charge is 0.383 e. The summed E-state index contributed by atoms with van der Waals surface area (Å²) >= 11 is 0. The molecule has 0 fully saturated rings. The second-order valence-corrected chi connectivity index (χ2v) is 8.40. The van der Waals surface area contributed by atoms with Crippen LogP contribution in [0.4, 0.5) is 5.82 Å². The van der Waals surface area contributed by atoms with Crippen molar-refractivity contribution in [1.29, 1.82) is 0 Å². The number of pyridine rings is 1. The number of rotatable bonds is 7. The molecule has 5 aromatic rings. The quantitative estimate of drug-likeness (QED) is 0.394. The Labute approximate surface area is 197 Å². The van der Waals surface area contributed by atoms with Crippen LogP contribution in [0.3, 0.4) is 0 Å². The number of aromatic nitrogens is 5. The Morgan fingerprint density at radius 1 is 0.971 bits per heavy atom. The maximum Gasteiger partial charge on any atom is 0.271 e. The van der Waals surface area contributed by atoms with Crippen molar-refractivity contribution in [2.75, 3.05) is 5.73 Å². The summed E-state index contributed by atoms with van der Waals surface area (Å²) in [5, 5.41) is 9.16. The van der Waals surface area contributed by atoms with E-state index in [0.717, 1.165) is 34.0 Å². The van der Waals surface area contributed by atoms with E-state index in [1.165, 1.54) is 5.56 Å².